The molecule has 0 saturated carbocycles. The average Bonchev–Trinajstić information content (AvgIpc) is 3.40. The van der Waals surface area contributed by atoms with Crippen molar-refractivity contribution >= 4 is 10.9 Å². The molecule has 0 radical (unpaired) electrons. The Hall–Kier alpha value is -6.26. The molecule has 0 saturated heterocycles. The summed E-state index contributed by atoms with van der Waals surface area (Å²) >= 11 is 0. The Morgan fingerprint density at radius 1 is 0.457 bits per heavy atom. The van der Waals surface area contributed by atoms with Gasteiger partial charge < -0.3 is 9.30 Å². The van der Waals surface area contributed by atoms with E-state index >= 15 is 0 Å². The number of ether oxygens (including phenoxy) is 1. The minimum atomic E-state index is 0.707. The van der Waals surface area contributed by atoms with E-state index in [0.717, 1.165) is 67.6 Å². The van der Waals surface area contributed by atoms with Crippen LogP contribution in [0.15, 0.2) is 164 Å². The molecule has 8 aromatic rings. The number of nitrogens with zero attached hydrogens (tertiary/aromatic N) is 3. The van der Waals surface area contributed by atoms with Crippen LogP contribution in [0.2, 0.25) is 0 Å². The summed E-state index contributed by atoms with van der Waals surface area (Å²) in [6.45, 7) is 0. The van der Waals surface area contributed by atoms with Gasteiger partial charge in [0.25, 0.3) is 0 Å². The van der Waals surface area contributed by atoms with Gasteiger partial charge in [-0.05, 0) is 42.5 Å². The first-order valence-electron chi connectivity index (χ1n) is 15.4. The summed E-state index contributed by atoms with van der Waals surface area (Å²) in [5.41, 5.74) is 11.5. The van der Waals surface area contributed by atoms with Gasteiger partial charge in [0, 0.05) is 44.5 Å². The molecule has 216 valence electrons. The highest BCUT2D eigenvalue weighted by Gasteiger charge is 2.28. The maximum Gasteiger partial charge on any atom is 0.160 e. The molecule has 4 nitrogen and oxygen atoms in total. The van der Waals surface area contributed by atoms with Crippen LogP contribution in [0, 0.1) is 0 Å². The summed E-state index contributed by atoms with van der Waals surface area (Å²) in [5, 5.41) is 1.19. The van der Waals surface area contributed by atoms with Gasteiger partial charge in [-0.2, -0.15) is 0 Å². The van der Waals surface area contributed by atoms with E-state index in [0.29, 0.717) is 5.82 Å². The molecule has 0 N–H and O–H groups in total. The van der Waals surface area contributed by atoms with Crippen molar-refractivity contribution in [2.24, 2.45) is 0 Å². The number of benzene rings is 6. The molecule has 0 spiro atoms. The Bertz CT molecular complexity index is 2320. The molecular formula is C42H27N3O. The summed E-state index contributed by atoms with van der Waals surface area (Å²) in [5.74, 6) is 2.41. The fourth-order valence-electron chi connectivity index (χ4n) is 6.52. The van der Waals surface area contributed by atoms with Crippen LogP contribution in [0.3, 0.4) is 0 Å². The molecular weight excluding hydrogens is 562 g/mol. The average molecular weight is 590 g/mol. The highest BCUT2D eigenvalue weighted by molar-refractivity contribution is 6.08. The van der Waals surface area contributed by atoms with E-state index in [2.05, 4.69) is 120 Å². The van der Waals surface area contributed by atoms with Crippen molar-refractivity contribution in [3.05, 3.63) is 164 Å². The quantitative estimate of drug-likeness (QED) is 0.205. The van der Waals surface area contributed by atoms with Gasteiger partial charge in [-0.1, -0.05) is 121 Å². The van der Waals surface area contributed by atoms with Crippen LogP contribution in [0.1, 0.15) is 0 Å². The van der Waals surface area contributed by atoms with Crippen LogP contribution >= 0.6 is 0 Å². The van der Waals surface area contributed by atoms with E-state index in [9.17, 15) is 0 Å². The van der Waals surface area contributed by atoms with Crippen molar-refractivity contribution in [2.45, 2.75) is 0 Å². The van der Waals surface area contributed by atoms with Gasteiger partial charge in [-0.15, -0.1) is 0 Å². The molecule has 0 aliphatic carbocycles. The van der Waals surface area contributed by atoms with Crippen molar-refractivity contribution in [1.82, 2.24) is 14.5 Å². The number of fused-ring (bicyclic) bond motifs is 7. The summed E-state index contributed by atoms with van der Waals surface area (Å²) < 4.78 is 8.89. The lowest BCUT2D eigenvalue weighted by molar-refractivity contribution is 0.487. The maximum absolute atomic E-state index is 6.53. The fraction of sp³-hybridized carbons (Fsp3) is 0. The van der Waals surface area contributed by atoms with Gasteiger partial charge in [-0.3, -0.25) is 0 Å². The lowest BCUT2D eigenvalue weighted by Gasteiger charge is -2.14. The van der Waals surface area contributed by atoms with Crippen LogP contribution in [0.5, 0.6) is 11.5 Å². The zero-order valence-electron chi connectivity index (χ0n) is 24.8. The number of aromatic nitrogens is 3. The summed E-state index contributed by atoms with van der Waals surface area (Å²) in [6.07, 6.45) is 0. The molecule has 4 heteroatoms. The van der Waals surface area contributed by atoms with Crippen molar-refractivity contribution in [2.75, 3.05) is 0 Å². The molecule has 0 amide bonds. The molecule has 3 heterocycles. The predicted molar refractivity (Wildman–Crippen MR) is 186 cm³/mol. The normalized spacial score (nSPS) is 11.7. The molecule has 0 bridgehead atoms. The summed E-state index contributed by atoms with van der Waals surface area (Å²) in [7, 11) is 0. The zero-order chi connectivity index (χ0) is 30.5. The standard InChI is InChI=1S/C42H27N3O/c1-3-13-28(14-4-1)35-27-36(44-42(43-35)30-15-5-2-6-16-30)29-23-25-31(26-24-29)45-37-20-10-7-17-32(37)40-33-18-8-11-21-38(33)46-39-22-12-9-19-34(39)41(40)45/h1-27H. The monoisotopic (exact) mass is 589 g/mol. The molecule has 46 heavy (non-hydrogen) atoms. The van der Waals surface area contributed by atoms with E-state index in [1.807, 2.05) is 48.5 Å². The highest BCUT2D eigenvalue weighted by atomic mass is 16.5. The van der Waals surface area contributed by atoms with Gasteiger partial charge in [0.05, 0.1) is 22.6 Å². The third-order valence-electron chi connectivity index (χ3n) is 8.64. The summed E-state index contributed by atoms with van der Waals surface area (Å²) in [4.78, 5) is 10.0. The van der Waals surface area contributed by atoms with Gasteiger partial charge in [0.2, 0.25) is 0 Å². The largest absolute Gasteiger partial charge is 0.456 e. The Kier molecular flexibility index (Phi) is 6.10. The Morgan fingerprint density at radius 2 is 1.00 bits per heavy atom. The molecule has 0 fully saturated rings. The van der Waals surface area contributed by atoms with E-state index in [-0.39, 0.29) is 0 Å². The van der Waals surface area contributed by atoms with Gasteiger partial charge >= 0.3 is 0 Å². The van der Waals surface area contributed by atoms with Crippen molar-refractivity contribution in [3.8, 4) is 73.5 Å². The molecule has 9 rings (SSSR count). The first kappa shape index (κ1) is 26.2. The number of hydrogen-bond donors (Lipinski definition) is 0. The van der Waals surface area contributed by atoms with Crippen LogP contribution in [-0.2, 0) is 0 Å². The Labute approximate surface area is 266 Å². The van der Waals surface area contributed by atoms with Crippen LogP contribution in [-0.4, -0.2) is 14.5 Å². The first-order chi connectivity index (χ1) is 22.8. The third-order valence-corrected chi connectivity index (χ3v) is 8.64. The smallest absolute Gasteiger partial charge is 0.160 e. The third kappa shape index (κ3) is 4.31. The highest BCUT2D eigenvalue weighted by Crippen LogP contribution is 2.51. The Balaban J connectivity index is 1.24. The second kappa shape index (κ2) is 10.7. The second-order valence-electron chi connectivity index (χ2n) is 11.4. The topological polar surface area (TPSA) is 39.9 Å². The molecule has 0 unspecified atom stereocenters. The minimum absolute atomic E-state index is 0.707. The van der Waals surface area contributed by atoms with E-state index in [1.54, 1.807) is 0 Å². The lowest BCUT2D eigenvalue weighted by Crippen LogP contribution is -1.99. The molecule has 0 atom stereocenters. The SMILES string of the molecule is c1ccc(-c2cc(-c3ccc(-n4c5c(c6ccccc64)-c4ccccc4Oc4ccccc4-5)cc3)nc(-c3ccccc3)n2)cc1. The van der Waals surface area contributed by atoms with Crippen LogP contribution in [0.4, 0.5) is 0 Å². The fourth-order valence-corrected chi connectivity index (χ4v) is 6.52. The van der Waals surface area contributed by atoms with Crippen molar-refractivity contribution in [1.29, 1.82) is 0 Å². The maximum atomic E-state index is 6.53. The zero-order valence-corrected chi connectivity index (χ0v) is 24.8. The minimum Gasteiger partial charge on any atom is -0.456 e. The number of rotatable bonds is 4. The molecule has 6 aromatic carbocycles. The lowest BCUT2D eigenvalue weighted by atomic mass is 9.98. The first-order valence-corrected chi connectivity index (χ1v) is 15.4. The number of hydrogen-bond acceptors (Lipinski definition) is 3. The van der Waals surface area contributed by atoms with E-state index < -0.39 is 0 Å². The molecule has 2 aromatic heterocycles. The van der Waals surface area contributed by atoms with Crippen LogP contribution < -0.4 is 4.74 Å². The second-order valence-corrected chi connectivity index (χ2v) is 11.4. The van der Waals surface area contributed by atoms with Gasteiger partial charge in [0.1, 0.15) is 11.5 Å². The van der Waals surface area contributed by atoms with Crippen molar-refractivity contribution in [3.63, 3.8) is 0 Å². The van der Waals surface area contributed by atoms with Gasteiger partial charge in [0.15, 0.2) is 5.82 Å². The predicted octanol–water partition coefficient (Wildman–Crippen LogP) is 10.9. The van der Waals surface area contributed by atoms with Crippen LogP contribution in [0.25, 0.3) is 72.9 Å². The van der Waals surface area contributed by atoms with E-state index in [1.165, 1.54) is 10.9 Å². The van der Waals surface area contributed by atoms with Crippen molar-refractivity contribution < 1.29 is 4.74 Å². The molecule has 1 aliphatic heterocycles. The summed E-state index contributed by atoms with van der Waals surface area (Å²) in [6, 6.07) is 56.5. The van der Waals surface area contributed by atoms with Gasteiger partial charge in [-0.25, -0.2) is 9.97 Å². The van der Waals surface area contributed by atoms with E-state index in [4.69, 9.17) is 14.7 Å². The molecule has 1 aliphatic rings. The number of para-hydroxylation sites is 3. The Morgan fingerprint density at radius 3 is 1.72 bits per heavy atom.